The van der Waals surface area contributed by atoms with Gasteiger partial charge in [0.1, 0.15) is 6.10 Å². The smallest absolute Gasteiger partial charge is 0.165 e. The number of hydrogen-bond donors (Lipinski definition) is 1. The van der Waals surface area contributed by atoms with Crippen molar-refractivity contribution in [3.05, 3.63) is 71.8 Å². The molecule has 6 rings (SSSR count). The summed E-state index contributed by atoms with van der Waals surface area (Å²) in [4.78, 5) is 5.22. The van der Waals surface area contributed by atoms with E-state index in [-0.39, 0.29) is 17.6 Å². The molecule has 2 aliphatic carbocycles. The Labute approximate surface area is 247 Å². The third-order valence-electron chi connectivity index (χ3n) is 10.9. The largest absolute Gasteiger partial charge is 0.493 e. The summed E-state index contributed by atoms with van der Waals surface area (Å²) in [5.41, 5.74) is 2.87. The molecular formula is C36H50N2O3. The molecule has 2 bridgehead atoms. The van der Waals surface area contributed by atoms with Crippen LogP contribution in [0.3, 0.4) is 0 Å². The average Bonchev–Trinajstić information content (AvgIpc) is 3.34. The number of benzene rings is 2. The number of piperidine rings is 1. The first kappa shape index (κ1) is 28.8. The van der Waals surface area contributed by atoms with Crippen molar-refractivity contribution < 1.29 is 14.6 Å². The van der Waals surface area contributed by atoms with Gasteiger partial charge in [-0.2, -0.15) is 0 Å². The Kier molecular flexibility index (Phi) is 8.49. The van der Waals surface area contributed by atoms with Crippen LogP contribution in [-0.2, 0) is 18.3 Å². The van der Waals surface area contributed by atoms with Crippen LogP contribution in [0.15, 0.2) is 55.1 Å². The van der Waals surface area contributed by atoms with Gasteiger partial charge in [-0.25, -0.2) is 0 Å². The Morgan fingerprint density at radius 2 is 1.88 bits per heavy atom. The molecule has 2 heterocycles. The zero-order valence-corrected chi connectivity index (χ0v) is 25.3. The molecular weight excluding hydrogens is 508 g/mol. The number of hydrogen-bond acceptors (Lipinski definition) is 5. The van der Waals surface area contributed by atoms with Crippen molar-refractivity contribution in [1.82, 2.24) is 9.80 Å². The number of rotatable bonds is 14. The molecule has 1 saturated carbocycles. The van der Waals surface area contributed by atoms with Gasteiger partial charge in [0, 0.05) is 24.2 Å². The molecule has 2 fully saturated rings. The van der Waals surface area contributed by atoms with E-state index in [1.165, 1.54) is 61.6 Å². The van der Waals surface area contributed by atoms with E-state index in [0.717, 1.165) is 63.4 Å². The number of unbranched alkanes of at least 4 members (excludes halogenated alkanes) is 4. The minimum atomic E-state index is -0.798. The van der Waals surface area contributed by atoms with Crippen LogP contribution < -0.4 is 9.47 Å². The first-order valence-corrected chi connectivity index (χ1v) is 16.3. The molecule has 41 heavy (non-hydrogen) atoms. The maximum atomic E-state index is 12.8. The Morgan fingerprint density at radius 3 is 2.66 bits per heavy atom. The van der Waals surface area contributed by atoms with Crippen LogP contribution in [0.25, 0.3) is 0 Å². The van der Waals surface area contributed by atoms with Crippen LogP contribution in [0.5, 0.6) is 11.5 Å². The highest BCUT2D eigenvalue weighted by Gasteiger charge is 2.73. The maximum absolute atomic E-state index is 12.8. The highest BCUT2D eigenvalue weighted by Crippen LogP contribution is 2.66. The number of ether oxygens (including phenoxy) is 2. The molecule has 5 nitrogen and oxygen atoms in total. The van der Waals surface area contributed by atoms with Crippen molar-refractivity contribution in [3.63, 3.8) is 0 Å². The van der Waals surface area contributed by atoms with Crippen LogP contribution in [0, 0.1) is 0 Å². The summed E-state index contributed by atoms with van der Waals surface area (Å²) in [6.07, 6.45) is 14.1. The van der Waals surface area contributed by atoms with Gasteiger partial charge >= 0.3 is 0 Å². The minimum absolute atomic E-state index is 0.0464. The molecule has 222 valence electrons. The molecule has 5 heteroatoms. The second-order valence-corrected chi connectivity index (χ2v) is 13.0. The van der Waals surface area contributed by atoms with Gasteiger partial charge in [0.25, 0.3) is 0 Å². The predicted octanol–water partition coefficient (Wildman–Crippen LogP) is 6.31. The topological polar surface area (TPSA) is 45.2 Å². The lowest BCUT2D eigenvalue weighted by atomic mass is 9.48. The first-order chi connectivity index (χ1) is 20.1. The summed E-state index contributed by atoms with van der Waals surface area (Å²) in [5.74, 6) is 1.73. The summed E-state index contributed by atoms with van der Waals surface area (Å²) in [6.45, 7) is 10.3. The molecule has 2 aromatic rings. The van der Waals surface area contributed by atoms with E-state index in [4.69, 9.17) is 9.47 Å². The van der Waals surface area contributed by atoms with Gasteiger partial charge in [-0.1, -0.05) is 68.7 Å². The predicted molar refractivity (Wildman–Crippen MR) is 166 cm³/mol. The third-order valence-corrected chi connectivity index (χ3v) is 10.9. The summed E-state index contributed by atoms with van der Waals surface area (Å²) in [6, 6.07) is 15.6. The highest BCUT2D eigenvalue weighted by atomic mass is 16.5. The van der Waals surface area contributed by atoms with E-state index in [0.29, 0.717) is 6.04 Å². The quantitative estimate of drug-likeness (QED) is 0.218. The zero-order valence-electron chi connectivity index (χ0n) is 25.3. The van der Waals surface area contributed by atoms with Crippen LogP contribution in [0.2, 0.25) is 0 Å². The normalized spacial score (nSPS) is 29.7. The van der Waals surface area contributed by atoms with E-state index in [9.17, 15) is 5.11 Å². The van der Waals surface area contributed by atoms with Crippen LogP contribution >= 0.6 is 0 Å². The lowest BCUT2D eigenvalue weighted by Crippen LogP contribution is -2.78. The fourth-order valence-electron chi connectivity index (χ4n) is 8.96. The molecule has 1 saturated heterocycles. The van der Waals surface area contributed by atoms with Crippen LogP contribution in [0.4, 0.5) is 0 Å². The van der Waals surface area contributed by atoms with Crippen LogP contribution in [-0.4, -0.2) is 72.0 Å². The van der Waals surface area contributed by atoms with E-state index < -0.39 is 5.60 Å². The molecule has 0 unspecified atom stereocenters. The van der Waals surface area contributed by atoms with Gasteiger partial charge in [-0.05, 0) is 88.2 Å². The van der Waals surface area contributed by atoms with E-state index in [1.807, 2.05) is 6.08 Å². The SMILES string of the molecule is C=CCN1CC[C@]23c4c5ccc(OC)c4O[C@H]2[C@H](N(CCCC)CCCCCCc2ccccc2)CC[C@@]3(O)[C@H]1C5. The molecule has 1 spiro atoms. The molecule has 2 aromatic carbocycles. The fourth-order valence-corrected chi connectivity index (χ4v) is 8.96. The fraction of sp³-hybridized carbons (Fsp3) is 0.611. The molecule has 0 amide bonds. The molecule has 1 N–H and O–H groups in total. The summed E-state index contributed by atoms with van der Waals surface area (Å²) < 4.78 is 12.9. The molecule has 2 aliphatic heterocycles. The number of aliphatic hydroxyl groups is 1. The van der Waals surface area contributed by atoms with E-state index >= 15 is 0 Å². The van der Waals surface area contributed by atoms with Gasteiger partial charge in [-0.3, -0.25) is 9.80 Å². The lowest BCUT2D eigenvalue weighted by Gasteiger charge is -2.65. The Hall–Kier alpha value is -2.34. The Morgan fingerprint density at radius 1 is 1.07 bits per heavy atom. The van der Waals surface area contributed by atoms with Crippen molar-refractivity contribution in [3.8, 4) is 11.5 Å². The van der Waals surface area contributed by atoms with Crippen molar-refractivity contribution in [2.24, 2.45) is 0 Å². The maximum Gasteiger partial charge on any atom is 0.165 e. The first-order valence-electron chi connectivity index (χ1n) is 16.3. The van der Waals surface area contributed by atoms with Crippen LogP contribution in [0.1, 0.15) is 81.4 Å². The second kappa shape index (κ2) is 12.1. The Bertz CT molecular complexity index is 1200. The molecule has 0 aromatic heterocycles. The van der Waals surface area contributed by atoms with Gasteiger partial charge in [-0.15, -0.1) is 6.58 Å². The molecule has 4 aliphatic rings. The number of nitrogens with zero attached hydrogens (tertiary/aromatic N) is 2. The van der Waals surface area contributed by atoms with Gasteiger partial charge in [0.15, 0.2) is 11.5 Å². The Balaban J connectivity index is 1.23. The summed E-state index contributed by atoms with van der Waals surface area (Å²) in [5, 5.41) is 12.8. The van der Waals surface area contributed by atoms with Gasteiger partial charge in [0.2, 0.25) is 0 Å². The summed E-state index contributed by atoms with van der Waals surface area (Å²) >= 11 is 0. The number of likely N-dealkylation sites (tertiary alicyclic amines) is 1. The molecule has 5 atom stereocenters. The highest BCUT2D eigenvalue weighted by molar-refractivity contribution is 5.63. The van der Waals surface area contributed by atoms with Crippen molar-refractivity contribution in [1.29, 1.82) is 0 Å². The van der Waals surface area contributed by atoms with Gasteiger partial charge < -0.3 is 14.6 Å². The zero-order chi connectivity index (χ0) is 28.5. The van der Waals surface area contributed by atoms with Gasteiger partial charge in [0.05, 0.1) is 18.1 Å². The van der Waals surface area contributed by atoms with Crippen molar-refractivity contribution in [2.45, 2.75) is 107 Å². The van der Waals surface area contributed by atoms with Crippen molar-refractivity contribution in [2.75, 3.05) is 33.3 Å². The van der Waals surface area contributed by atoms with E-state index in [2.05, 4.69) is 65.8 Å². The monoisotopic (exact) mass is 558 g/mol. The number of methoxy groups -OCH3 is 1. The van der Waals surface area contributed by atoms with E-state index in [1.54, 1.807) is 7.11 Å². The number of aryl methyl sites for hydroxylation is 1. The second-order valence-electron chi connectivity index (χ2n) is 13.0. The third kappa shape index (κ3) is 4.82. The summed E-state index contributed by atoms with van der Waals surface area (Å²) in [7, 11) is 1.74. The van der Waals surface area contributed by atoms with Crippen molar-refractivity contribution >= 4 is 0 Å². The minimum Gasteiger partial charge on any atom is -0.493 e. The molecule has 0 radical (unpaired) electrons. The standard InChI is InChI=1S/C36H50N2O3/c1-4-6-23-37(24-13-8-7-10-14-27-15-11-9-12-16-27)29-19-20-36(39)31-26-28-17-18-30(40-3)33-32(28)35(36,34(29)41-33)21-25-38(31)22-5-2/h5,9,11-12,15-18,29,31,34,39H,2,4,6-8,10,13-14,19-26H2,1,3H3/t29-,31-,34+,35+,36-/m1/s1. The lowest BCUT2D eigenvalue weighted by molar-refractivity contribution is -0.198. The average molecular weight is 559 g/mol.